The highest BCUT2D eigenvalue weighted by molar-refractivity contribution is 6.76. The van der Waals surface area contributed by atoms with E-state index in [2.05, 4.69) is 15.3 Å². The number of rotatable bonds is 4. The van der Waals surface area contributed by atoms with Crippen LogP contribution in [0.15, 0.2) is 24.4 Å². The molecule has 1 N–H and O–H groups in total. The van der Waals surface area contributed by atoms with Crippen LogP contribution in [0, 0.1) is 11.6 Å². The second-order valence-corrected chi connectivity index (χ2v) is 10.5. The molecule has 2 rings (SSSR count). The minimum absolute atomic E-state index is 0.112. The van der Waals surface area contributed by atoms with E-state index in [0.717, 1.165) is 0 Å². The molecule has 1 aromatic carbocycles. The number of hydrogen-bond donors (Lipinski definition) is 1. The Labute approximate surface area is 122 Å². The van der Waals surface area contributed by atoms with Gasteiger partial charge in [-0.05, 0) is 12.1 Å². The minimum atomic E-state index is -1.78. The first kappa shape index (κ1) is 15.3. The number of aromatic nitrogens is 3. The molecule has 0 aliphatic rings. The summed E-state index contributed by atoms with van der Waals surface area (Å²) in [6.07, 6.45) is 1.38. The normalized spacial score (nSPS) is 11.5. The molecule has 112 valence electrons. The highest BCUT2D eigenvalue weighted by Gasteiger charge is 2.20. The molecule has 0 radical (unpaired) electrons. The van der Waals surface area contributed by atoms with E-state index < -0.39 is 19.9 Å². The highest BCUT2D eigenvalue weighted by Crippen LogP contribution is 2.13. The maximum Gasteiger partial charge on any atom is 0.265 e. The summed E-state index contributed by atoms with van der Waals surface area (Å²) in [4.78, 5) is 14.8. The summed E-state index contributed by atoms with van der Waals surface area (Å²) in [6.45, 7) is 5.81. The van der Waals surface area contributed by atoms with Crippen LogP contribution in [0.3, 0.4) is 0 Å². The lowest BCUT2D eigenvalue weighted by molar-refractivity contribution is 0.0973. The van der Waals surface area contributed by atoms with Gasteiger partial charge in [-0.25, -0.2) is 13.5 Å². The quantitative estimate of drug-likeness (QED) is 0.881. The van der Waals surface area contributed by atoms with E-state index in [1.807, 2.05) is 19.6 Å². The van der Waals surface area contributed by atoms with Crippen molar-refractivity contribution in [1.82, 2.24) is 20.0 Å². The van der Waals surface area contributed by atoms with Crippen LogP contribution in [0.4, 0.5) is 8.78 Å². The van der Waals surface area contributed by atoms with Crippen LogP contribution in [0.5, 0.6) is 0 Å². The molecule has 1 amide bonds. The van der Waals surface area contributed by atoms with Crippen molar-refractivity contribution in [2.24, 2.45) is 0 Å². The lowest BCUT2D eigenvalue weighted by Crippen LogP contribution is -2.45. The van der Waals surface area contributed by atoms with Crippen molar-refractivity contribution < 1.29 is 13.6 Å². The van der Waals surface area contributed by atoms with Crippen molar-refractivity contribution in [3.8, 4) is 0 Å². The zero-order valence-electron chi connectivity index (χ0n) is 12.0. The molecule has 0 bridgehead atoms. The first-order valence-corrected chi connectivity index (χ1v) is 9.92. The van der Waals surface area contributed by atoms with E-state index in [-0.39, 0.29) is 23.7 Å². The minimum Gasteiger partial charge on any atom is -0.377 e. The molecule has 0 aliphatic carbocycles. The Morgan fingerprint density at radius 2 is 1.90 bits per heavy atom. The zero-order valence-corrected chi connectivity index (χ0v) is 13.0. The number of benzene rings is 1. The fraction of sp³-hybridized carbons (Fsp3) is 0.308. The Balaban J connectivity index is 2.16. The number of nitrogens with one attached hydrogen (secondary N) is 1. The smallest absolute Gasteiger partial charge is 0.265 e. The van der Waals surface area contributed by atoms with Crippen molar-refractivity contribution in [2.75, 3.05) is 0 Å². The van der Waals surface area contributed by atoms with Crippen LogP contribution < -0.4 is 4.98 Å². The third-order valence-electron chi connectivity index (χ3n) is 2.64. The first-order chi connectivity index (χ1) is 9.76. The monoisotopic (exact) mass is 310 g/mol. The van der Waals surface area contributed by atoms with Crippen molar-refractivity contribution in [1.29, 1.82) is 0 Å². The molecule has 0 saturated carbocycles. The van der Waals surface area contributed by atoms with Gasteiger partial charge in [0.25, 0.3) is 5.91 Å². The van der Waals surface area contributed by atoms with Crippen LogP contribution in [0.1, 0.15) is 16.1 Å². The lowest BCUT2D eigenvalue weighted by atomic mass is 10.2. The molecular weight excluding hydrogens is 294 g/mol. The number of amides is 1. The number of nitrogens with zero attached hydrogens (tertiary/aromatic N) is 3. The van der Waals surface area contributed by atoms with E-state index in [4.69, 9.17) is 0 Å². The van der Waals surface area contributed by atoms with Crippen LogP contribution >= 0.6 is 0 Å². The summed E-state index contributed by atoms with van der Waals surface area (Å²) in [6, 6.07) is 3.64. The second-order valence-electron chi connectivity index (χ2n) is 5.71. The van der Waals surface area contributed by atoms with Gasteiger partial charge in [0.1, 0.15) is 19.9 Å². The number of hydrogen-bond acceptors (Lipinski definition) is 3. The van der Waals surface area contributed by atoms with E-state index in [9.17, 15) is 13.6 Å². The third kappa shape index (κ3) is 3.94. The van der Waals surface area contributed by atoms with Gasteiger partial charge in [0.05, 0.1) is 12.7 Å². The maximum atomic E-state index is 13.5. The van der Waals surface area contributed by atoms with Crippen molar-refractivity contribution >= 4 is 14.1 Å². The maximum absolute atomic E-state index is 13.5. The average molecular weight is 310 g/mol. The molecule has 0 unspecified atom stereocenters. The summed E-state index contributed by atoms with van der Waals surface area (Å²) in [5, 5.41) is 7.47. The molecule has 5 nitrogen and oxygen atoms in total. The third-order valence-corrected chi connectivity index (χ3v) is 3.62. The number of carbonyl (C=O) groups excluding carboxylic acids is 1. The zero-order chi connectivity index (χ0) is 15.6. The summed E-state index contributed by atoms with van der Waals surface area (Å²) in [5.41, 5.74) is 0.0220. The van der Waals surface area contributed by atoms with Crippen LogP contribution in [-0.2, 0) is 6.54 Å². The van der Waals surface area contributed by atoms with Crippen molar-refractivity contribution in [2.45, 2.75) is 26.2 Å². The van der Waals surface area contributed by atoms with Gasteiger partial charge in [-0.1, -0.05) is 30.9 Å². The molecular formula is C13H16F2N4OSi. The van der Waals surface area contributed by atoms with Crippen LogP contribution in [0.2, 0.25) is 19.6 Å². The molecule has 1 aromatic heterocycles. The summed E-state index contributed by atoms with van der Waals surface area (Å²) >= 11 is 0. The Morgan fingerprint density at radius 1 is 1.29 bits per heavy atom. The molecule has 0 saturated heterocycles. The molecule has 2 aromatic rings. The number of carbonyl (C=O) groups is 1. The topological polar surface area (TPSA) is 59.8 Å². The van der Waals surface area contributed by atoms with Gasteiger partial charge in [-0.3, -0.25) is 4.79 Å². The highest BCUT2D eigenvalue weighted by atomic mass is 28.3. The van der Waals surface area contributed by atoms with Gasteiger partial charge in [0.2, 0.25) is 0 Å². The predicted molar refractivity (Wildman–Crippen MR) is 76.3 cm³/mol. The molecule has 0 aliphatic heterocycles. The van der Waals surface area contributed by atoms with Gasteiger partial charge in [0.15, 0.2) is 5.69 Å². The molecule has 8 heteroatoms. The lowest BCUT2D eigenvalue weighted by Gasteiger charge is -2.16. The molecule has 0 spiro atoms. The van der Waals surface area contributed by atoms with E-state index in [1.54, 1.807) is 0 Å². The van der Waals surface area contributed by atoms with Crippen LogP contribution in [-0.4, -0.2) is 29.1 Å². The van der Waals surface area contributed by atoms with E-state index >= 15 is 0 Å². The fourth-order valence-electron chi connectivity index (χ4n) is 1.73. The SMILES string of the molecule is C[Si](C)(C)NC(=O)c1cn(Cc2c(F)cccc2F)nn1. The van der Waals surface area contributed by atoms with Crippen molar-refractivity contribution in [3.63, 3.8) is 0 Å². The molecule has 0 atom stereocenters. The van der Waals surface area contributed by atoms with Crippen LogP contribution in [0.25, 0.3) is 0 Å². The fourth-order valence-corrected chi connectivity index (χ4v) is 2.54. The Bertz CT molecular complexity index is 646. The molecule has 1 heterocycles. The number of halogens is 2. The largest absolute Gasteiger partial charge is 0.377 e. The summed E-state index contributed by atoms with van der Waals surface area (Å²) in [7, 11) is -1.78. The van der Waals surface area contributed by atoms with E-state index in [1.165, 1.54) is 29.1 Å². The Kier molecular flexibility index (Phi) is 4.17. The molecule has 0 fully saturated rings. The van der Waals surface area contributed by atoms with Gasteiger partial charge in [-0.15, -0.1) is 5.10 Å². The van der Waals surface area contributed by atoms with Gasteiger partial charge >= 0.3 is 0 Å². The van der Waals surface area contributed by atoms with Gasteiger partial charge < -0.3 is 4.98 Å². The second kappa shape index (κ2) is 5.72. The Morgan fingerprint density at radius 3 is 2.48 bits per heavy atom. The van der Waals surface area contributed by atoms with Gasteiger partial charge in [0, 0.05) is 5.56 Å². The average Bonchev–Trinajstić information content (AvgIpc) is 2.80. The first-order valence-electron chi connectivity index (χ1n) is 6.42. The van der Waals surface area contributed by atoms with Gasteiger partial charge in [-0.2, -0.15) is 0 Å². The molecule has 21 heavy (non-hydrogen) atoms. The Hall–Kier alpha value is -2.09. The summed E-state index contributed by atoms with van der Waals surface area (Å²) < 4.78 is 28.3. The predicted octanol–water partition coefficient (Wildman–Crippen LogP) is 2.17. The standard InChI is InChI=1S/C13H16F2N4OSi/c1-21(2,3)17-13(20)12-8-19(18-16-12)7-9-10(14)5-4-6-11(9)15/h4-6,8H,7H2,1-3H3,(H,17,20). The summed E-state index contributed by atoms with van der Waals surface area (Å²) in [5.74, 6) is -1.63. The van der Waals surface area contributed by atoms with E-state index in [0.29, 0.717) is 0 Å². The van der Waals surface area contributed by atoms with Crippen molar-refractivity contribution in [3.05, 3.63) is 47.3 Å².